The summed E-state index contributed by atoms with van der Waals surface area (Å²) in [6, 6.07) is 13.5. The predicted molar refractivity (Wildman–Crippen MR) is 87.9 cm³/mol. The van der Waals surface area contributed by atoms with Crippen LogP contribution in [0.15, 0.2) is 48.7 Å². The summed E-state index contributed by atoms with van der Waals surface area (Å²) in [5.41, 5.74) is 1.92. The van der Waals surface area contributed by atoms with Gasteiger partial charge in [-0.25, -0.2) is 0 Å². The van der Waals surface area contributed by atoms with E-state index in [1.54, 1.807) is 6.20 Å². The molecule has 1 atom stereocenters. The van der Waals surface area contributed by atoms with Crippen LogP contribution in [0, 0.1) is 5.92 Å². The van der Waals surface area contributed by atoms with Gasteiger partial charge < -0.3 is 15.4 Å². The van der Waals surface area contributed by atoms with E-state index in [2.05, 4.69) is 15.6 Å². The van der Waals surface area contributed by atoms with Gasteiger partial charge in [0.25, 0.3) is 0 Å². The smallest absolute Gasteiger partial charge is 0.226 e. The van der Waals surface area contributed by atoms with Crippen LogP contribution in [-0.2, 0) is 11.4 Å². The first-order chi connectivity index (χ1) is 11.2. The van der Waals surface area contributed by atoms with Gasteiger partial charge in [0.1, 0.15) is 12.4 Å². The lowest BCUT2D eigenvalue weighted by atomic mass is 10.0. The molecule has 23 heavy (non-hydrogen) atoms. The molecule has 5 nitrogen and oxygen atoms in total. The van der Waals surface area contributed by atoms with Gasteiger partial charge in [0.05, 0.1) is 17.7 Å². The van der Waals surface area contributed by atoms with Gasteiger partial charge in [0, 0.05) is 19.3 Å². The van der Waals surface area contributed by atoms with Gasteiger partial charge in [-0.1, -0.05) is 18.2 Å². The predicted octanol–water partition coefficient (Wildman–Crippen LogP) is 2.06. The van der Waals surface area contributed by atoms with Crippen molar-refractivity contribution in [1.82, 2.24) is 15.6 Å². The molecule has 1 aromatic heterocycles. The molecule has 2 aromatic rings. The van der Waals surface area contributed by atoms with Gasteiger partial charge in [-0.15, -0.1) is 0 Å². The summed E-state index contributed by atoms with van der Waals surface area (Å²) in [4.78, 5) is 16.3. The molecular weight excluding hydrogens is 290 g/mol. The summed E-state index contributed by atoms with van der Waals surface area (Å²) in [5, 5.41) is 6.16. The summed E-state index contributed by atoms with van der Waals surface area (Å²) in [7, 11) is 0. The van der Waals surface area contributed by atoms with Gasteiger partial charge >= 0.3 is 0 Å². The van der Waals surface area contributed by atoms with Crippen molar-refractivity contribution in [2.24, 2.45) is 5.92 Å². The number of nitrogens with one attached hydrogen (secondary N) is 2. The summed E-state index contributed by atoms with van der Waals surface area (Å²) in [6.45, 7) is 3.96. The number of carbonyl (C=O) groups is 1. The number of aromatic nitrogens is 1. The number of carbonyl (C=O) groups excluding carboxylic acids is 1. The van der Waals surface area contributed by atoms with E-state index in [9.17, 15) is 4.79 Å². The first-order valence-electron chi connectivity index (χ1n) is 7.86. The summed E-state index contributed by atoms with van der Waals surface area (Å²) < 4.78 is 5.78. The number of benzene rings is 1. The van der Waals surface area contributed by atoms with Crippen molar-refractivity contribution in [3.05, 3.63) is 59.9 Å². The number of hydrogen-bond acceptors (Lipinski definition) is 4. The average Bonchev–Trinajstić information content (AvgIpc) is 2.52. The minimum absolute atomic E-state index is 0.0403. The minimum Gasteiger partial charge on any atom is -0.487 e. The molecule has 0 saturated carbocycles. The second-order valence-electron chi connectivity index (χ2n) is 5.77. The third kappa shape index (κ3) is 4.07. The van der Waals surface area contributed by atoms with E-state index >= 15 is 0 Å². The van der Waals surface area contributed by atoms with Gasteiger partial charge in [0.15, 0.2) is 0 Å². The third-order valence-corrected chi connectivity index (χ3v) is 3.98. The molecule has 1 unspecified atom stereocenters. The van der Waals surface area contributed by atoms with E-state index in [1.165, 1.54) is 0 Å². The Balaban J connectivity index is 1.58. The van der Waals surface area contributed by atoms with Crippen LogP contribution in [0.5, 0.6) is 5.75 Å². The van der Waals surface area contributed by atoms with E-state index in [0.29, 0.717) is 6.61 Å². The lowest BCUT2D eigenvalue weighted by Gasteiger charge is -2.27. The van der Waals surface area contributed by atoms with Crippen molar-refractivity contribution in [1.29, 1.82) is 0 Å². The van der Waals surface area contributed by atoms with Crippen LogP contribution in [0.3, 0.4) is 0 Å². The number of pyridine rings is 1. The summed E-state index contributed by atoms with van der Waals surface area (Å²) >= 11 is 0. The summed E-state index contributed by atoms with van der Waals surface area (Å²) in [6.07, 6.45) is 1.75. The zero-order chi connectivity index (χ0) is 16.1. The van der Waals surface area contributed by atoms with Crippen LogP contribution in [0.4, 0.5) is 0 Å². The fourth-order valence-electron chi connectivity index (χ4n) is 2.40. The second kappa shape index (κ2) is 7.24. The fourth-order valence-corrected chi connectivity index (χ4v) is 2.40. The third-order valence-electron chi connectivity index (χ3n) is 3.98. The zero-order valence-corrected chi connectivity index (χ0v) is 13.2. The number of nitrogens with zero attached hydrogens (tertiary/aromatic N) is 1. The highest BCUT2D eigenvalue weighted by molar-refractivity contribution is 5.80. The first kappa shape index (κ1) is 15.5. The largest absolute Gasteiger partial charge is 0.487 e. The lowest BCUT2D eigenvalue weighted by molar-refractivity contribution is -0.127. The molecular formula is C18H21N3O2. The van der Waals surface area contributed by atoms with E-state index in [-0.39, 0.29) is 17.9 Å². The molecule has 0 aliphatic carbocycles. The molecule has 0 bridgehead atoms. The molecule has 1 aliphatic rings. The van der Waals surface area contributed by atoms with E-state index in [4.69, 9.17) is 4.74 Å². The number of ether oxygens (including phenoxy) is 1. The van der Waals surface area contributed by atoms with Crippen LogP contribution < -0.4 is 15.4 Å². The van der Waals surface area contributed by atoms with Crippen LogP contribution in [0.2, 0.25) is 0 Å². The SMILES string of the molecule is CC(NC(=O)C1CNC1)c1cccc(OCc2ccccn2)c1. The van der Waals surface area contributed by atoms with Crippen LogP contribution in [0.1, 0.15) is 24.2 Å². The molecule has 1 aliphatic heterocycles. The van der Waals surface area contributed by atoms with Crippen molar-refractivity contribution < 1.29 is 9.53 Å². The van der Waals surface area contributed by atoms with Crippen LogP contribution in [-0.4, -0.2) is 24.0 Å². The maximum atomic E-state index is 12.0. The molecule has 0 radical (unpaired) electrons. The first-order valence-corrected chi connectivity index (χ1v) is 7.86. The number of amides is 1. The second-order valence-corrected chi connectivity index (χ2v) is 5.77. The van der Waals surface area contributed by atoms with Gasteiger partial charge in [-0.3, -0.25) is 9.78 Å². The zero-order valence-electron chi connectivity index (χ0n) is 13.2. The monoisotopic (exact) mass is 311 g/mol. The highest BCUT2D eigenvalue weighted by Crippen LogP contribution is 2.20. The molecule has 3 rings (SSSR count). The lowest BCUT2D eigenvalue weighted by Crippen LogP contribution is -2.51. The molecule has 0 spiro atoms. The topological polar surface area (TPSA) is 63.2 Å². The standard InChI is InChI=1S/C18H21N3O2/c1-13(21-18(22)15-10-19-11-15)14-5-4-7-17(9-14)23-12-16-6-2-3-8-20-16/h2-9,13,15,19H,10-12H2,1H3,(H,21,22). The molecule has 5 heteroatoms. The quantitative estimate of drug-likeness (QED) is 0.857. The van der Waals surface area contributed by atoms with Crippen molar-refractivity contribution in [3.8, 4) is 5.75 Å². The van der Waals surface area contributed by atoms with Crippen molar-refractivity contribution >= 4 is 5.91 Å². The average molecular weight is 311 g/mol. The van der Waals surface area contributed by atoms with Crippen molar-refractivity contribution in [2.45, 2.75) is 19.6 Å². The highest BCUT2D eigenvalue weighted by Gasteiger charge is 2.25. The normalized spacial score (nSPS) is 15.5. The maximum Gasteiger partial charge on any atom is 0.226 e. The number of rotatable bonds is 6. The number of hydrogen-bond donors (Lipinski definition) is 2. The maximum absolute atomic E-state index is 12.0. The Kier molecular flexibility index (Phi) is 4.88. The molecule has 2 heterocycles. The molecule has 2 N–H and O–H groups in total. The van der Waals surface area contributed by atoms with E-state index < -0.39 is 0 Å². The Labute approximate surface area is 136 Å². The Morgan fingerprint density at radius 3 is 2.91 bits per heavy atom. The van der Waals surface area contributed by atoms with E-state index in [1.807, 2.05) is 49.4 Å². The van der Waals surface area contributed by atoms with Crippen molar-refractivity contribution in [2.75, 3.05) is 13.1 Å². The molecule has 1 saturated heterocycles. The highest BCUT2D eigenvalue weighted by atomic mass is 16.5. The van der Waals surface area contributed by atoms with Gasteiger partial charge in [-0.05, 0) is 36.8 Å². The Bertz CT molecular complexity index is 656. The van der Waals surface area contributed by atoms with Crippen LogP contribution >= 0.6 is 0 Å². The minimum atomic E-state index is -0.0403. The van der Waals surface area contributed by atoms with Crippen molar-refractivity contribution in [3.63, 3.8) is 0 Å². The molecule has 1 amide bonds. The fraction of sp³-hybridized carbons (Fsp3) is 0.333. The molecule has 1 aromatic carbocycles. The molecule has 120 valence electrons. The Morgan fingerprint density at radius 1 is 1.35 bits per heavy atom. The Hall–Kier alpha value is -2.40. The van der Waals surface area contributed by atoms with E-state index in [0.717, 1.165) is 30.1 Å². The summed E-state index contributed by atoms with van der Waals surface area (Å²) in [5.74, 6) is 0.983. The molecule has 1 fully saturated rings. The van der Waals surface area contributed by atoms with Gasteiger partial charge in [0.2, 0.25) is 5.91 Å². The van der Waals surface area contributed by atoms with Gasteiger partial charge in [-0.2, -0.15) is 0 Å². The van der Waals surface area contributed by atoms with Crippen LogP contribution in [0.25, 0.3) is 0 Å². The Morgan fingerprint density at radius 2 is 2.22 bits per heavy atom.